The minimum absolute atomic E-state index is 0.0165. The summed E-state index contributed by atoms with van der Waals surface area (Å²) in [7, 11) is 0. The predicted molar refractivity (Wildman–Crippen MR) is 139 cm³/mol. The summed E-state index contributed by atoms with van der Waals surface area (Å²) in [5, 5.41) is 0. The molecule has 4 rings (SSSR count). The van der Waals surface area contributed by atoms with E-state index in [2.05, 4.69) is 6.92 Å². The minimum Gasteiger partial charge on any atom is -0.206 e. The third-order valence-electron chi connectivity index (χ3n) is 7.79. The largest absolute Gasteiger partial charge is 0.206 e. The number of hydrogen-bond acceptors (Lipinski definition) is 0. The Kier molecular flexibility index (Phi) is 12.3. The van der Waals surface area contributed by atoms with Crippen LogP contribution in [-0.2, 0) is 0 Å². The van der Waals surface area contributed by atoms with Crippen LogP contribution in [0.25, 0.3) is 11.1 Å². The first-order chi connectivity index (χ1) is 17.0. The first kappa shape index (κ1) is 29.4. The van der Waals surface area contributed by atoms with E-state index in [0.717, 1.165) is 48.3 Å². The molecule has 2 fully saturated rings. The average Bonchev–Trinajstić information content (AvgIpc) is 2.90. The van der Waals surface area contributed by atoms with E-state index in [-0.39, 0.29) is 11.1 Å². The summed E-state index contributed by atoms with van der Waals surface area (Å²) in [6, 6.07) is 6.61. The molecule has 2 aliphatic rings. The molecule has 0 spiro atoms. The van der Waals surface area contributed by atoms with Gasteiger partial charge in [-0.3, -0.25) is 0 Å². The lowest BCUT2D eigenvalue weighted by atomic mass is 9.68. The lowest BCUT2D eigenvalue weighted by Crippen LogP contribution is -2.25. The van der Waals surface area contributed by atoms with Crippen LogP contribution >= 0.6 is 0 Å². The van der Waals surface area contributed by atoms with Crippen molar-refractivity contribution in [2.24, 2.45) is 17.8 Å². The molecule has 4 heteroatoms. The van der Waals surface area contributed by atoms with Gasteiger partial charge in [-0.25, -0.2) is 17.6 Å². The lowest BCUT2D eigenvalue weighted by molar-refractivity contribution is 0.156. The highest BCUT2D eigenvalue weighted by Gasteiger charge is 2.31. The SMILES string of the molecule is CC.CC.CCCC1CCC(C2CCC(c3ccc(-c4cc(F)c(F)c(F)c4)c(F)c3)CC2)CC1. The fourth-order valence-corrected chi connectivity index (χ4v) is 6.01. The number of benzene rings is 2. The maximum absolute atomic E-state index is 14.8. The highest BCUT2D eigenvalue weighted by Crippen LogP contribution is 2.44. The second-order valence-electron chi connectivity index (χ2n) is 9.67. The van der Waals surface area contributed by atoms with E-state index in [1.165, 1.54) is 57.4 Å². The molecule has 0 unspecified atom stereocenters. The second kappa shape index (κ2) is 14.7. The Morgan fingerprint density at radius 3 is 1.66 bits per heavy atom. The molecule has 0 heterocycles. The molecule has 0 atom stereocenters. The van der Waals surface area contributed by atoms with Gasteiger partial charge in [-0.1, -0.05) is 72.4 Å². The summed E-state index contributed by atoms with van der Waals surface area (Å²) in [6.07, 6.45) is 12.7. The van der Waals surface area contributed by atoms with Crippen LogP contribution in [0.2, 0.25) is 0 Å². The van der Waals surface area contributed by atoms with E-state index in [1.807, 2.05) is 33.8 Å². The zero-order valence-corrected chi connectivity index (χ0v) is 22.3. The summed E-state index contributed by atoms with van der Waals surface area (Å²) in [4.78, 5) is 0. The second-order valence-corrected chi connectivity index (χ2v) is 9.67. The summed E-state index contributed by atoms with van der Waals surface area (Å²) in [5.74, 6) is -1.73. The van der Waals surface area contributed by atoms with Gasteiger partial charge in [0.2, 0.25) is 0 Å². The van der Waals surface area contributed by atoms with Crippen molar-refractivity contribution in [3.63, 3.8) is 0 Å². The lowest BCUT2D eigenvalue weighted by Gasteiger charge is -2.38. The van der Waals surface area contributed by atoms with E-state index < -0.39 is 23.3 Å². The first-order valence-electron chi connectivity index (χ1n) is 13.9. The zero-order valence-electron chi connectivity index (χ0n) is 22.3. The molecule has 0 bridgehead atoms. The highest BCUT2D eigenvalue weighted by molar-refractivity contribution is 5.65. The average molecular weight is 493 g/mol. The van der Waals surface area contributed by atoms with Crippen LogP contribution in [0.5, 0.6) is 0 Å². The Morgan fingerprint density at radius 1 is 0.657 bits per heavy atom. The molecule has 2 saturated carbocycles. The normalized spacial score (nSPS) is 24.0. The molecule has 0 N–H and O–H groups in total. The smallest absolute Gasteiger partial charge is 0.194 e. The molecule has 0 amide bonds. The fraction of sp³-hybridized carbons (Fsp3) is 0.613. The quantitative estimate of drug-likeness (QED) is 0.288. The van der Waals surface area contributed by atoms with Gasteiger partial charge in [-0.05, 0) is 91.5 Å². The van der Waals surface area contributed by atoms with Crippen LogP contribution in [0, 0.1) is 41.0 Å². The minimum atomic E-state index is -1.53. The number of hydrogen-bond donors (Lipinski definition) is 0. The van der Waals surface area contributed by atoms with Gasteiger partial charge in [0.1, 0.15) is 5.82 Å². The van der Waals surface area contributed by atoms with Crippen LogP contribution in [0.3, 0.4) is 0 Å². The molecule has 0 aliphatic heterocycles. The van der Waals surface area contributed by atoms with Crippen LogP contribution in [0.15, 0.2) is 30.3 Å². The molecular weight excluding hydrogens is 448 g/mol. The van der Waals surface area contributed by atoms with Crippen molar-refractivity contribution >= 4 is 0 Å². The molecule has 196 valence electrons. The van der Waals surface area contributed by atoms with Gasteiger partial charge >= 0.3 is 0 Å². The maximum Gasteiger partial charge on any atom is 0.194 e. The van der Waals surface area contributed by atoms with Gasteiger partial charge in [-0.2, -0.15) is 0 Å². The summed E-state index contributed by atoms with van der Waals surface area (Å²) < 4.78 is 55.1. The van der Waals surface area contributed by atoms with E-state index in [9.17, 15) is 17.6 Å². The van der Waals surface area contributed by atoms with Crippen molar-refractivity contribution in [3.8, 4) is 11.1 Å². The first-order valence-corrected chi connectivity index (χ1v) is 13.9. The number of halogens is 4. The van der Waals surface area contributed by atoms with Gasteiger partial charge in [0.25, 0.3) is 0 Å². The molecule has 2 aliphatic carbocycles. The Morgan fingerprint density at radius 2 is 1.17 bits per heavy atom. The Hall–Kier alpha value is -1.84. The van der Waals surface area contributed by atoms with E-state index in [4.69, 9.17) is 0 Å². The fourth-order valence-electron chi connectivity index (χ4n) is 6.01. The Balaban J connectivity index is 0.00000103. The summed E-state index contributed by atoms with van der Waals surface area (Å²) in [6.45, 7) is 10.3. The Labute approximate surface area is 210 Å². The Bertz CT molecular complexity index is 868. The van der Waals surface area contributed by atoms with Crippen LogP contribution in [0.4, 0.5) is 17.6 Å². The molecule has 0 saturated heterocycles. The third kappa shape index (κ3) is 7.57. The van der Waals surface area contributed by atoms with Crippen LogP contribution in [-0.4, -0.2) is 0 Å². The van der Waals surface area contributed by atoms with E-state index in [1.54, 1.807) is 6.07 Å². The molecule has 2 aromatic carbocycles. The van der Waals surface area contributed by atoms with Gasteiger partial charge in [0.15, 0.2) is 17.5 Å². The van der Waals surface area contributed by atoms with Crippen molar-refractivity contribution in [1.29, 1.82) is 0 Å². The number of rotatable bonds is 5. The molecule has 0 aromatic heterocycles. The van der Waals surface area contributed by atoms with Crippen molar-refractivity contribution in [3.05, 3.63) is 59.2 Å². The van der Waals surface area contributed by atoms with Crippen LogP contribution in [0.1, 0.15) is 110 Å². The van der Waals surface area contributed by atoms with Crippen molar-refractivity contribution in [1.82, 2.24) is 0 Å². The van der Waals surface area contributed by atoms with Crippen molar-refractivity contribution < 1.29 is 17.6 Å². The molecule has 2 aromatic rings. The molecular formula is C31H44F4. The van der Waals surface area contributed by atoms with E-state index >= 15 is 0 Å². The van der Waals surface area contributed by atoms with Gasteiger partial charge in [0, 0.05) is 5.56 Å². The molecule has 0 radical (unpaired) electrons. The third-order valence-corrected chi connectivity index (χ3v) is 7.79. The molecule has 0 nitrogen and oxygen atoms in total. The van der Waals surface area contributed by atoms with Crippen molar-refractivity contribution in [2.45, 2.75) is 105 Å². The predicted octanol–water partition coefficient (Wildman–Crippen LogP) is 10.8. The zero-order chi connectivity index (χ0) is 26.0. The van der Waals surface area contributed by atoms with Gasteiger partial charge < -0.3 is 0 Å². The van der Waals surface area contributed by atoms with E-state index in [0.29, 0.717) is 5.92 Å². The summed E-state index contributed by atoms with van der Waals surface area (Å²) >= 11 is 0. The van der Waals surface area contributed by atoms with Gasteiger partial charge in [-0.15, -0.1) is 0 Å². The topological polar surface area (TPSA) is 0 Å². The molecule has 35 heavy (non-hydrogen) atoms. The monoisotopic (exact) mass is 492 g/mol. The maximum atomic E-state index is 14.8. The standard InChI is InChI=1S/C27H32F4.2C2H6/c1-2-3-17-4-6-18(7-5-17)19-8-10-20(11-9-19)21-12-13-23(24(28)14-21)22-15-25(29)27(31)26(30)16-22;2*1-2/h12-20H,2-11H2,1H3;2*1-2H3. The van der Waals surface area contributed by atoms with Crippen molar-refractivity contribution in [2.75, 3.05) is 0 Å². The van der Waals surface area contributed by atoms with Gasteiger partial charge in [0.05, 0.1) is 0 Å². The van der Waals surface area contributed by atoms with Crippen LogP contribution < -0.4 is 0 Å². The summed E-state index contributed by atoms with van der Waals surface area (Å²) in [5.41, 5.74) is 1.07. The highest BCUT2D eigenvalue weighted by atomic mass is 19.2.